The minimum Gasteiger partial charge on any atom is -0.468 e. The highest BCUT2D eigenvalue weighted by Crippen LogP contribution is 2.24. The Balaban J connectivity index is 1.60. The normalized spacial score (nSPS) is 18.0. The number of aryl methyl sites for hydroxylation is 1. The summed E-state index contributed by atoms with van der Waals surface area (Å²) in [7, 11) is 1.36. The van der Waals surface area contributed by atoms with E-state index < -0.39 is 17.7 Å². The molecular formula is C27H32N2O5. The SMILES string of the molecule is COC(=O)C1CC(CNC(=O)OC(C)(C)C)ON1Cc1ccc(C#Cc2ccc(C)cc2)cc1. The molecule has 0 spiro atoms. The summed E-state index contributed by atoms with van der Waals surface area (Å²) in [6, 6.07) is 15.3. The zero-order valence-corrected chi connectivity index (χ0v) is 20.4. The van der Waals surface area contributed by atoms with Crippen molar-refractivity contribution in [1.82, 2.24) is 10.4 Å². The number of carbonyl (C=O) groups excluding carboxylic acids is 2. The number of carbonyl (C=O) groups is 2. The molecule has 2 atom stereocenters. The molecule has 7 nitrogen and oxygen atoms in total. The third-order valence-electron chi connectivity index (χ3n) is 5.16. The van der Waals surface area contributed by atoms with Crippen LogP contribution in [0.5, 0.6) is 0 Å². The number of methoxy groups -OCH3 is 1. The molecule has 0 saturated carbocycles. The molecule has 0 aliphatic carbocycles. The average Bonchev–Trinajstić information content (AvgIpc) is 3.19. The van der Waals surface area contributed by atoms with Crippen LogP contribution in [0.25, 0.3) is 0 Å². The van der Waals surface area contributed by atoms with Gasteiger partial charge in [-0.2, -0.15) is 5.06 Å². The molecule has 2 unspecified atom stereocenters. The molecule has 1 aliphatic rings. The van der Waals surface area contributed by atoms with Gasteiger partial charge in [-0.15, -0.1) is 0 Å². The summed E-state index contributed by atoms with van der Waals surface area (Å²) in [5.41, 5.74) is 3.45. The summed E-state index contributed by atoms with van der Waals surface area (Å²) in [5.74, 6) is 5.95. The zero-order valence-electron chi connectivity index (χ0n) is 20.4. The second-order valence-corrected chi connectivity index (χ2v) is 9.27. The fraction of sp³-hybridized carbons (Fsp3) is 0.407. The maximum atomic E-state index is 12.3. The van der Waals surface area contributed by atoms with Gasteiger partial charge in [-0.05, 0) is 57.5 Å². The van der Waals surface area contributed by atoms with E-state index in [9.17, 15) is 9.59 Å². The van der Waals surface area contributed by atoms with E-state index in [1.54, 1.807) is 25.8 Å². The largest absolute Gasteiger partial charge is 0.468 e. The quantitative estimate of drug-likeness (QED) is 0.533. The molecule has 34 heavy (non-hydrogen) atoms. The van der Waals surface area contributed by atoms with Gasteiger partial charge in [0.1, 0.15) is 11.6 Å². The summed E-state index contributed by atoms with van der Waals surface area (Å²) in [6.07, 6.45) is -0.481. The molecular weight excluding hydrogens is 432 g/mol. The standard InChI is InChI=1S/C27H32N2O5/c1-19-6-8-20(9-7-19)10-11-21-12-14-22(15-13-21)18-29-24(25(30)32-5)16-23(34-29)17-28-26(31)33-27(2,3)4/h6-9,12-15,23-24H,16-18H2,1-5H3,(H,28,31). The van der Waals surface area contributed by atoms with Gasteiger partial charge in [0.15, 0.2) is 0 Å². The van der Waals surface area contributed by atoms with E-state index >= 15 is 0 Å². The van der Waals surface area contributed by atoms with Gasteiger partial charge in [-0.25, -0.2) is 4.79 Å². The van der Waals surface area contributed by atoms with Gasteiger partial charge in [0.25, 0.3) is 0 Å². The maximum absolute atomic E-state index is 12.3. The number of benzene rings is 2. The lowest BCUT2D eigenvalue weighted by molar-refractivity contribution is -0.184. The third kappa shape index (κ3) is 7.62. The van der Waals surface area contributed by atoms with E-state index in [-0.39, 0.29) is 18.6 Å². The van der Waals surface area contributed by atoms with Crippen LogP contribution in [0.4, 0.5) is 4.79 Å². The predicted octanol–water partition coefficient (Wildman–Crippen LogP) is 3.97. The van der Waals surface area contributed by atoms with E-state index in [4.69, 9.17) is 14.3 Å². The molecule has 2 aromatic carbocycles. The molecule has 1 heterocycles. The zero-order chi connectivity index (χ0) is 24.7. The Morgan fingerprint density at radius 3 is 2.21 bits per heavy atom. The number of nitrogens with one attached hydrogen (secondary N) is 1. The first kappa shape index (κ1) is 25.3. The highest BCUT2D eigenvalue weighted by molar-refractivity contribution is 5.75. The van der Waals surface area contributed by atoms with Crippen molar-refractivity contribution >= 4 is 12.1 Å². The van der Waals surface area contributed by atoms with Crippen LogP contribution in [0.15, 0.2) is 48.5 Å². The lowest BCUT2D eigenvalue weighted by Crippen LogP contribution is -2.37. The number of hydrogen-bond acceptors (Lipinski definition) is 6. The van der Waals surface area contributed by atoms with Gasteiger partial charge in [0.2, 0.25) is 0 Å². The van der Waals surface area contributed by atoms with E-state index in [1.165, 1.54) is 12.7 Å². The summed E-state index contributed by atoms with van der Waals surface area (Å²) in [6.45, 7) is 8.07. The second kappa shape index (κ2) is 11.2. The van der Waals surface area contributed by atoms with Crippen LogP contribution in [-0.4, -0.2) is 48.5 Å². The molecule has 180 valence electrons. The maximum Gasteiger partial charge on any atom is 0.407 e. The highest BCUT2D eigenvalue weighted by atomic mass is 16.7. The van der Waals surface area contributed by atoms with E-state index in [0.29, 0.717) is 13.0 Å². The molecule has 1 fully saturated rings. The summed E-state index contributed by atoms with van der Waals surface area (Å²) in [5, 5.41) is 4.31. The Morgan fingerprint density at radius 2 is 1.65 bits per heavy atom. The number of ether oxygens (including phenoxy) is 2. The van der Waals surface area contributed by atoms with Gasteiger partial charge < -0.3 is 14.8 Å². The topological polar surface area (TPSA) is 77.1 Å². The van der Waals surface area contributed by atoms with Crippen LogP contribution in [0.3, 0.4) is 0 Å². The summed E-state index contributed by atoms with van der Waals surface area (Å²) >= 11 is 0. The first-order valence-electron chi connectivity index (χ1n) is 11.3. The predicted molar refractivity (Wildman–Crippen MR) is 129 cm³/mol. The average molecular weight is 465 g/mol. The Bertz CT molecular complexity index is 1050. The molecule has 3 rings (SSSR count). The van der Waals surface area contributed by atoms with Gasteiger partial charge >= 0.3 is 12.1 Å². The van der Waals surface area contributed by atoms with Crippen molar-refractivity contribution in [2.45, 2.75) is 58.4 Å². The first-order chi connectivity index (χ1) is 16.1. The molecule has 1 aliphatic heterocycles. The molecule has 1 amide bonds. The molecule has 0 radical (unpaired) electrons. The number of esters is 1. The van der Waals surface area contributed by atoms with Crippen molar-refractivity contribution in [3.63, 3.8) is 0 Å². The van der Waals surface area contributed by atoms with Crippen LogP contribution in [-0.2, 0) is 25.7 Å². The van der Waals surface area contributed by atoms with Gasteiger partial charge in [0, 0.05) is 24.1 Å². The molecule has 0 bridgehead atoms. The molecule has 1 saturated heterocycles. The fourth-order valence-corrected chi connectivity index (χ4v) is 3.46. The van der Waals surface area contributed by atoms with Gasteiger partial charge in [-0.3, -0.25) is 9.63 Å². The van der Waals surface area contributed by atoms with Crippen molar-refractivity contribution in [2.24, 2.45) is 0 Å². The van der Waals surface area contributed by atoms with Crippen LogP contribution in [0, 0.1) is 18.8 Å². The van der Waals surface area contributed by atoms with Crippen LogP contribution in [0.1, 0.15) is 49.4 Å². The number of amides is 1. The molecule has 7 heteroatoms. The van der Waals surface area contributed by atoms with Gasteiger partial charge in [-0.1, -0.05) is 41.7 Å². The van der Waals surface area contributed by atoms with Crippen molar-refractivity contribution in [3.8, 4) is 11.8 Å². The van der Waals surface area contributed by atoms with Gasteiger partial charge in [0.05, 0.1) is 19.8 Å². The minimum atomic E-state index is -0.585. The van der Waals surface area contributed by atoms with E-state index in [0.717, 1.165) is 16.7 Å². The van der Waals surface area contributed by atoms with Crippen molar-refractivity contribution in [1.29, 1.82) is 0 Å². The monoisotopic (exact) mass is 464 g/mol. The first-order valence-corrected chi connectivity index (χ1v) is 11.3. The smallest absolute Gasteiger partial charge is 0.407 e. The number of rotatable bonds is 5. The highest BCUT2D eigenvalue weighted by Gasteiger charge is 2.39. The van der Waals surface area contributed by atoms with E-state index in [2.05, 4.69) is 17.2 Å². The Labute approximate surface area is 201 Å². The fourth-order valence-electron chi connectivity index (χ4n) is 3.46. The van der Waals surface area contributed by atoms with Crippen LogP contribution >= 0.6 is 0 Å². The number of hydroxylamine groups is 2. The van der Waals surface area contributed by atoms with Crippen LogP contribution < -0.4 is 5.32 Å². The van der Waals surface area contributed by atoms with E-state index in [1.807, 2.05) is 55.5 Å². The minimum absolute atomic E-state index is 0.229. The lowest BCUT2D eigenvalue weighted by atomic mass is 10.1. The van der Waals surface area contributed by atoms with Crippen molar-refractivity contribution < 1.29 is 23.9 Å². The Hall–Kier alpha value is -3.34. The van der Waals surface area contributed by atoms with Crippen LogP contribution in [0.2, 0.25) is 0 Å². The summed E-state index contributed by atoms with van der Waals surface area (Å²) < 4.78 is 10.2. The third-order valence-corrected chi connectivity index (χ3v) is 5.16. The summed E-state index contributed by atoms with van der Waals surface area (Å²) in [4.78, 5) is 30.2. The van der Waals surface area contributed by atoms with Crippen molar-refractivity contribution in [3.05, 3.63) is 70.8 Å². The molecule has 0 aromatic heterocycles. The number of hydrogen-bond donors (Lipinski definition) is 1. The number of nitrogens with zero attached hydrogens (tertiary/aromatic N) is 1. The molecule has 2 aromatic rings. The Kier molecular flexibility index (Phi) is 8.32. The Morgan fingerprint density at radius 1 is 1.06 bits per heavy atom. The number of alkyl carbamates (subject to hydrolysis) is 1. The molecule has 1 N–H and O–H groups in total. The van der Waals surface area contributed by atoms with Crippen molar-refractivity contribution in [2.75, 3.05) is 13.7 Å². The lowest BCUT2D eigenvalue weighted by Gasteiger charge is -2.22. The second-order valence-electron chi connectivity index (χ2n) is 9.27.